The molecule has 0 atom stereocenters. The van der Waals surface area contributed by atoms with E-state index in [-0.39, 0.29) is 37.2 Å². The van der Waals surface area contributed by atoms with Crippen LogP contribution in [0.1, 0.15) is 23.2 Å². The molecule has 0 spiro atoms. The molecule has 1 fully saturated rings. The van der Waals surface area contributed by atoms with Crippen molar-refractivity contribution >= 4 is 17.3 Å². The molecule has 0 bridgehead atoms. The monoisotopic (exact) mass is 317 g/mol. The van der Waals surface area contributed by atoms with Crippen molar-refractivity contribution in [3.63, 3.8) is 0 Å². The van der Waals surface area contributed by atoms with Gasteiger partial charge in [-0.1, -0.05) is 0 Å². The fourth-order valence-electron chi connectivity index (χ4n) is 2.43. The van der Waals surface area contributed by atoms with Crippen LogP contribution in [0, 0.1) is 16.0 Å². The van der Waals surface area contributed by atoms with Crippen molar-refractivity contribution in [1.29, 1.82) is 0 Å². The van der Waals surface area contributed by atoms with Gasteiger partial charge in [-0.15, -0.1) is 0 Å². The fourth-order valence-corrected chi connectivity index (χ4v) is 2.43. The van der Waals surface area contributed by atoms with Gasteiger partial charge in [0.1, 0.15) is 5.69 Å². The number of nitro groups is 1. The van der Waals surface area contributed by atoms with E-state index in [2.05, 4.69) is 0 Å². The molecule has 2 N–H and O–H groups in total. The molecule has 0 saturated carbocycles. The van der Waals surface area contributed by atoms with Gasteiger partial charge in [0, 0.05) is 24.7 Å². The Labute approximate surface area is 123 Å². The number of benzene rings is 1. The molecule has 1 aromatic carbocycles. The lowest BCUT2D eigenvalue weighted by Gasteiger charge is -2.32. The summed E-state index contributed by atoms with van der Waals surface area (Å²) in [6.45, 7) is -0.0532. The number of nitrogen functional groups attached to an aromatic ring is 1. The number of carbonyl (C=O) groups is 1. The normalized spacial score (nSPS) is 16.6. The Kier molecular flexibility index (Phi) is 4.25. The van der Waals surface area contributed by atoms with E-state index < -0.39 is 28.6 Å². The number of piperidine rings is 1. The van der Waals surface area contributed by atoms with Crippen molar-refractivity contribution < 1.29 is 22.9 Å². The molecular formula is C13H14F3N3O3. The summed E-state index contributed by atoms with van der Waals surface area (Å²) in [6.07, 6.45) is -4.58. The average molecular weight is 317 g/mol. The zero-order valence-corrected chi connectivity index (χ0v) is 11.5. The van der Waals surface area contributed by atoms with Gasteiger partial charge in [-0.2, -0.15) is 13.2 Å². The Bertz CT molecular complexity index is 596. The number of carbonyl (C=O) groups excluding carboxylic acids is 1. The first-order chi connectivity index (χ1) is 10.2. The first-order valence-electron chi connectivity index (χ1n) is 6.60. The van der Waals surface area contributed by atoms with Crippen LogP contribution in [0.25, 0.3) is 0 Å². The van der Waals surface area contributed by atoms with Crippen molar-refractivity contribution in [3.05, 3.63) is 33.9 Å². The number of nitro benzene ring substituents is 1. The smallest absolute Gasteiger partial charge is 0.391 e. The van der Waals surface area contributed by atoms with Gasteiger partial charge in [-0.3, -0.25) is 14.9 Å². The zero-order valence-electron chi connectivity index (χ0n) is 11.5. The maximum atomic E-state index is 12.6. The molecule has 1 aliphatic heterocycles. The van der Waals surface area contributed by atoms with Gasteiger partial charge < -0.3 is 10.6 Å². The van der Waals surface area contributed by atoms with Crippen LogP contribution in [-0.4, -0.2) is 35.0 Å². The standard InChI is InChI=1S/C13H14F3N3O3/c14-13(15,16)9-3-5-18(6-4-9)12(20)8-1-2-10(17)11(7-8)19(21)22/h1-2,7,9H,3-6,17H2. The van der Waals surface area contributed by atoms with Gasteiger partial charge in [0.25, 0.3) is 11.6 Å². The lowest BCUT2D eigenvalue weighted by atomic mass is 9.96. The SMILES string of the molecule is Nc1ccc(C(=O)N2CCC(C(F)(F)F)CC2)cc1[N+](=O)[O-]. The highest BCUT2D eigenvalue weighted by atomic mass is 19.4. The van der Waals surface area contributed by atoms with Crippen LogP contribution in [0.3, 0.4) is 0 Å². The minimum atomic E-state index is -4.25. The van der Waals surface area contributed by atoms with Crippen molar-refractivity contribution in [1.82, 2.24) is 4.90 Å². The van der Waals surface area contributed by atoms with E-state index in [1.54, 1.807) is 0 Å². The lowest BCUT2D eigenvalue weighted by molar-refractivity contribution is -0.383. The molecule has 1 amide bonds. The molecule has 1 aromatic rings. The number of likely N-dealkylation sites (tertiary alicyclic amines) is 1. The number of hydrogen-bond donors (Lipinski definition) is 1. The number of amides is 1. The third-order valence-electron chi connectivity index (χ3n) is 3.72. The van der Waals surface area contributed by atoms with E-state index in [0.29, 0.717) is 0 Å². The van der Waals surface area contributed by atoms with Gasteiger partial charge in [-0.05, 0) is 25.0 Å². The molecular weight excluding hydrogens is 303 g/mol. The number of hydrogen-bond acceptors (Lipinski definition) is 4. The Balaban J connectivity index is 2.10. The Hall–Kier alpha value is -2.32. The second-order valence-corrected chi connectivity index (χ2v) is 5.14. The number of nitrogens with zero attached hydrogens (tertiary/aromatic N) is 2. The Morgan fingerprint density at radius 3 is 2.41 bits per heavy atom. The zero-order chi connectivity index (χ0) is 16.5. The maximum absolute atomic E-state index is 12.6. The quantitative estimate of drug-likeness (QED) is 0.516. The third-order valence-corrected chi connectivity index (χ3v) is 3.72. The molecule has 2 rings (SSSR count). The van der Waals surface area contributed by atoms with Crippen LogP contribution in [0.2, 0.25) is 0 Å². The molecule has 120 valence electrons. The predicted molar refractivity (Wildman–Crippen MR) is 72.2 cm³/mol. The molecule has 9 heteroatoms. The van der Waals surface area contributed by atoms with Crippen LogP contribution in [-0.2, 0) is 0 Å². The number of rotatable bonds is 2. The van der Waals surface area contributed by atoms with Crippen molar-refractivity contribution in [2.75, 3.05) is 18.8 Å². The van der Waals surface area contributed by atoms with Gasteiger partial charge in [0.05, 0.1) is 10.8 Å². The highest BCUT2D eigenvalue weighted by Crippen LogP contribution is 2.34. The molecule has 0 aromatic heterocycles. The summed E-state index contributed by atoms with van der Waals surface area (Å²) < 4.78 is 37.8. The molecule has 1 aliphatic rings. The Morgan fingerprint density at radius 2 is 1.91 bits per heavy atom. The van der Waals surface area contributed by atoms with Crippen LogP contribution >= 0.6 is 0 Å². The van der Waals surface area contributed by atoms with Gasteiger partial charge in [0.15, 0.2) is 0 Å². The van der Waals surface area contributed by atoms with Crippen molar-refractivity contribution in [2.45, 2.75) is 19.0 Å². The number of anilines is 1. The summed E-state index contributed by atoms with van der Waals surface area (Å²) in [5, 5.41) is 10.8. The molecule has 0 aliphatic carbocycles. The van der Waals surface area contributed by atoms with Crippen LogP contribution in [0.15, 0.2) is 18.2 Å². The molecule has 1 heterocycles. The second-order valence-electron chi connectivity index (χ2n) is 5.14. The van der Waals surface area contributed by atoms with E-state index in [1.165, 1.54) is 17.0 Å². The summed E-state index contributed by atoms with van der Waals surface area (Å²) in [4.78, 5) is 23.6. The largest absolute Gasteiger partial charge is 0.393 e. The summed E-state index contributed by atoms with van der Waals surface area (Å²) in [5.41, 5.74) is 5.03. The van der Waals surface area contributed by atoms with E-state index >= 15 is 0 Å². The number of alkyl halides is 3. The molecule has 6 nitrogen and oxygen atoms in total. The van der Waals surface area contributed by atoms with Gasteiger partial charge in [-0.25, -0.2) is 0 Å². The lowest BCUT2D eigenvalue weighted by Crippen LogP contribution is -2.42. The van der Waals surface area contributed by atoms with E-state index in [4.69, 9.17) is 5.73 Å². The van der Waals surface area contributed by atoms with E-state index in [1.807, 2.05) is 0 Å². The predicted octanol–water partition coefficient (Wildman–Crippen LogP) is 2.59. The fraction of sp³-hybridized carbons (Fsp3) is 0.462. The third kappa shape index (κ3) is 3.29. The highest BCUT2D eigenvalue weighted by molar-refractivity contribution is 5.95. The average Bonchev–Trinajstić information content (AvgIpc) is 2.46. The molecule has 22 heavy (non-hydrogen) atoms. The molecule has 0 unspecified atom stereocenters. The molecule has 0 radical (unpaired) electrons. The highest BCUT2D eigenvalue weighted by Gasteiger charge is 2.41. The van der Waals surface area contributed by atoms with Gasteiger partial charge >= 0.3 is 6.18 Å². The summed E-state index contributed by atoms with van der Waals surface area (Å²) in [7, 11) is 0. The summed E-state index contributed by atoms with van der Waals surface area (Å²) in [5.74, 6) is -1.93. The summed E-state index contributed by atoms with van der Waals surface area (Å²) >= 11 is 0. The molecule has 1 saturated heterocycles. The van der Waals surface area contributed by atoms with Crippen LogP contribution < -0.4 is 5.73 Å². The van der Waals surface area contributed by atoms with E-state index in [0.717, 1.165) is 6.07 Å². The van der Waals surface area contributed by atoms with Crippen molar-refractivity contribution in [3.8, 4) is 0 Å². The number of nitrogens with two attached hydrogens (primary N) is 1. The minimum Gasteiger partial charge on any atom is -0.393 e. The topological polar surface area (TPSA) is 89.5 Å². The first-order valence-corrected chi connectivity index (χ1v) is 6.60. The van der Waals surface area contributed by atoms with Crippen LogP contribution in [0.5, 0.6) is 0 Å². The maximum Gasteiger partial charge on any atom is 0.391 e. The number of halogens is 3. The first kappa shape index (κ1) is 16.1. The second kappa shape index (κ2) is 5.82. The van der Waals surface area contributed by atoms with Crippen LogP contribution in [0.4, 0.5) is 24.5 Å². The minimum absolute atomic E-state index is 0.0266. The van der Waals surface area contributed by atoms with Crippen molar-refractivity contribution in [2.24, 2.45) is 5.92 Å². The van der Waals surface area contributed by atoms with Gasteiger partial charge in [0.2, 0.25) is 0 Å². The summed E-state index contributed by atoms with van der Waals surface area (Å²) in [6, 6.07) is 3.63. The Morgan fingerprint density at radius 1 is 1.32 bits per heavy atom. The van der Waals surface area contributed by atoms with E-state index in [9.17, 15) is 28.1 Å².